The van der Waals surface area contributed by atoms with Gasteiger partial charge in [-0.15, -0.1) is 0 Å². The molecule has 0 spiro atoms. The van der Waals surface area contributed by atoms with Crippen molar-refractivity contribution in [1.82, 2.24) is 0 Å². The van der Waals surface area contributed by atoms with Crippen molar-refractivity contribution in [2.24, 2.45) is 0 Å². The lowest BCUT2D eigenvalue weighted by molar-refractivity contribution is -0.278. The molecule has 0 aromatic heterocycles. The maximum Gasteiger partial charge on any atom is 0.459 e. The highest BCUT2D eigenvalue weighted by atomic mass is 28.3. The molecule has 0 amide bonds. The molecule has 0 aliphatic rings. The summed E-state index contributed by atoms with van der Waals surface area (Å²) in [5, 5.41) is 0. The third-order valence-corrected chi connectivity index (χ3v) is 4.54. The minimum atomic E-state index is -4.62. The van der Waals surface area contributed by atoms with Crippen molar-refractivity contribution in [3.05, 3.63) is 30.1 Å². The largest absolute Gasteiger partial charge is 0.459 e. The molecule has 1 nitrogen and oxygen atoms in total. The van der Waals surface area contributed by atoms with Gasteiger partial charge in [0.1, 0.15) is 19.6 Å². The molecule has 0 fully saturated rings. The van der Waals surface area contributed by atoms with Crippen molar-refractivity contribution in [2.75, 3.05) is 0 Å². The zero-order valence-corrected chi connectivity index (χ0v) is 11.1. The Hall–Kier alpha value is -1.11. The summed E-state index contributed by atoms with van der Waals surface area (Å²) >= 11 is 0. The molecule has 0 N–H and O–H groups in total. The topological polar surface area (TPSA) is 9.23 Å². The van der Waals surface area contributed by atoms with E-state index in [1.807, 2.05) is 0 Å². The predicted octanol–water partition coefficient (Wildman–Crippen LogP) is 4.31. The molecule has 0 saturated heterocycles. The molecule has 0 aliphatic carbocycles. The second-order valence-electron chi connectivity index (χ2n) is 4.90. The molecule has 1 aromatic carbocycles. The molecule has 7 heteroatoms. The first-order valence-corrected chi connectivity index (χ1v) is 8.67. The molecule has 0 aliphatic heterocycles. The Bertz CT molecular complexity index is 410. The molecule has 0 atom stereocenters. The van der Waals surface area contributed by atoms with Crippen molar-refractivity contribution < 1.29 is 26.7 Å². The molecule has 102 valence electrons. The second kappa shape index (κ2) is 4.53. The van der Waals surface area contributed by atoms with Gasteiger partial charge >= 0.3 is 11.7 Å². The van der Waals surface area contributed by atoms with Crippen LogP contribution in [0.25, 0.3) is 0 Å². The summed E-state index contributed by atoms with van der Waals surface area (Å²) < 4.78 is 70.7. The highest BCUT2D eigenvalue weighted by molar-refractivity contribution is 6.78. The molecule has 0 saturated carbocycles. The second-order valence-corrected chi connectivity index (χ2v) is 10.0. The quantitative estimate of drug-likeness (QED) is 0.591. The summed E-state index contributed by atoms with van der Waals surface area (Å²) in [5.74, 6) is -1.16. The number of ether oxygens (including phenoxy) is 1. The van der Waals surface area contributed by atoms with E-state index in [9.17, 15) is 22.0 Å². The first kappa shape index (κ1) is 14.9. The molecule has 1 aromatic rings. The highest BCUT2D eigenvalue weighted by Gasteiger charge is 2.66. The van der Waals surface area contributed by atoms with Crippen LogP contribution < -0.4 is 4.74 Å². The lowest BCUT2D eigenvalue weighted by Gasteiger charge is -2.34. The number of hydrogen-bond acceptors (Lipinski definition) is 1. The minimum absolute atomic E-state index is 0.501. The molecule has 1 rings (SSSR count). The summed E-state index contributed by atoms with van der Waals surface area (Å²) in [6, 6.07) is 3.48. The molecule has 0 unspecified atom stereocenters. The summed E-state index contributed by atoms with van der Waals surface area (Å²) in [7, 11) is -3.47. The van der Waals surface area contributed by atoms with E-state index in [1.165, 1.54) is 0 Å². The molecule has 0 heterocycles. The Balaban J connectivity index is 2.97. The highest BCUT2D eigenvalue weighted by Crippen LogP contribution is 2.42. The number of rotatable bonds is 4. The van der Waals surface area contributed by atoms with E-state index < -0.39 is 31.3 Å². The van der Waals surface area contributed by atoms with Crippen LogP contribution in [-0.2, 0) is 0 Å². The van der Waals surface area contributed by atoms with Gasteiger partial charge in [-0.3, -0.25) is 0 Å². The van der Waals surface area contributed by atoms with Crippen LogP contribution in [-0.4, -0.2) is 19.7 Å². The first-order chi connectivity index (χ1) is 7.97. The fourth-order valence-corrected chi connectivity index (χ4v) is 2.08. The SMILES string of the molecule is C[Si](C)(C)C(F)(F)C(F)(F)Oc1ccc(F)cc1. The monoisotopic (exact) mass is 284 g/mol. The van der Waals surface area contributed by atoms with E-state index in [2.05, 4.69) is 4.74 Å². The Morgan fingerprint density at radius 2 is 1.39 bits per heavy atom. The van der Waals surface area contributed by atoms with Crippen molar-refractivity contribution >= 4 is 8.07 Å². The third-order valence-electron chi connectivity index (χ3n) is 2.37. The number of halogens is 5. The maximum absolute atomic E-state index is 13.6. The average Bonchev–Trinajstić information content (AvgIpc) is 2.19. The van der Waals surface area contributed by atoms with Crippen molar-refractivity contribution in [1.29, 1.82) is 0 Å². The summed E-state index contributed by atoms with van der Waals surface area (Å²) in [4.78, 5) is 0. The van der Waals surface area contributed by atoms with Crippen LogP contribution in [0.3, 0.4) is 0 Å². The molecule has 18 heavy (non-hydrogen) atoms. The van der Waals surface area contributed by atoms with Crippen molar-refractivity contribution in [2.45, 2.75) is 31.3 Å². The van der Waals surface area contributed by atoms with Gasteiger partial charge < -0.3 is 4.74 Å². The van der Waals surface area contributed by atoms with Crippen LogP contribution in [0, 0.1) is 5.82 Å². The Morgan fingerprint density at radius 3 is 1.78 bits per heavy atom. The lowest BCUT2D eigenvalue weighted by atomic mass is 10.3. The standard InChI is InChI=1S/C11H13F5OSi/c1-18(2,3)11(15,16)10(13,14)17-9-6-4-8(12)5-7-9/h4-7H,1-3H3. The molecular formula is C11H13F5OSi. The van der Waals surface area contributed by atoms with Gasteiger partial charge in [-0.05, 0) is 24.3 Å². The third kappa shape index (κ3) is 2.82. The Labute approximate surface area is 103 Å². The van der Waals surface area contributed by atoms with E-state index in [4.69, 9.17) is 0 Å². The number of benzene rings is 1. The van der Waals surface area contributed by atoms with E-state index >= 15 is 0 Å². The van der Waals surface area contributed by atoms with Gasteiger partial charge in [0, 0.05) is 0 Å². The smallest absolute Gasteiger partial charge is 0.428 e. The van der Waals surface area contributed by atoms with Crippen LogP contribution >= 0.6 is 0 Å². The number of alkyl halides is 4. The minimum Gasteiger partial charge on any atom is -0.428 e. The van der Waals surface area contributed by atoms with Gasteiger partial charge in [-0.2, -0.15) is 8.78 Å². The van der Waals surface area contributed by atoms with Gasteiger partial charge in [0.15, 0.2) is 0 Å². The zero-order valence-electron chi connectivity index (χ0n) is 10.1. The zero-order chi connectivity index (χ0) is 14.2. The lowest BCUT2D eigenvalue weighted by Crippen LogP contribution is -2.59. The first-order valence-electron chi connectivity index (χ1n) is 5.17. The van der Waals surface area contributed by atoms with Gasteiger partial charge in [0.25, 0.3) is 0 Å². The summed E-state index contributed by atoms with van der Waals surface area (Å²) in [6.07, 6.45) is -4.62. The fraction of sp³-hybridized carbons (Fsp3) is 0.455. The van der Waals surface area contributed by atoms with Crippen molar-refractivity contribution in [3.8, 4) is 5.75 Å². The van der Waals surface area contributed by atoms with Crippen LogP contribution in [0.5, 0.6) is 5.75 Å². The van der Waals surface area contributed by atoms with E-state index in [0.29, 0.717) is 0 Å². The maximum atomic E-state index is 13.6. The Kier molecular flexibility index (Phi) is 3.76. The van der Waals surface area contributed by atoms with Crippen LogP contribution in [0.15, 0.2) is 24.3 Å². The van der Waals surface area contributed by atoms with Gasteiger partial charge in [-0.25, -0.2) is 13.2 Å². The van der Waals surface area contributed by atoms with Gasteiger partial charge in [0.05, 0.1) is 0 Å². The van der Waals surface area contributed by atoms with Crippen LogP contribution in [0.2, 0.25) is 19.6 Å². The fourth-order valence-electron chi connectivity index (χ4n) is 1.15. The summed E-state index contributed by atoms with van der Waals surface area (Å²) in [5.41, 5.74) is -4.23. The Morgan fingerprint density at radius 1 is 0.944 bits per heavy atom. The number of hydrogen-bond donors (Lipinski definition) is 0. The van der Waals surface area contributed by atoms with E-state index in [1.54, 1.807) is 0 Å². The summed E-state index contributed by atoms with van der Waals surface area (Å²) in [6.45, 7) is 3.36. The van der Waals surface area contributed by atoms with Crippen molar-refractivity contribution in [3.63, 3.8) is 0 Å². The van der Waals surface area contributed by atoms with Crippen LogP contribution in [0.4, 0.5) is 22.0 Å². The van der Waals surface area contributed by atoms with Gasteiger partial charge in [0.2, 0.25) is 0 Å². The normalized spacial score (nSPS) is 13.6. The molecule has 0 bridgehead atoms. The molecule has 0 radical (unpaired) electrons. The average molecular weight is 284 g/mol. The van der Waals surface area contributed by atoms with E-state index in [0.717, 1.165) is 43.9 Å². The molecular weight excluding hydrogens is 271 g/mol. The predicted molar refractivity (Wildman–Crippen MR) is 60.3 cm³/mol. The van der Waals surface area contributed by atoms with E-state index in [-0.39, 0.29) is 0 Å². The van der Waals surface area contributed by atoms with Gasteiger partial charge in [-0.1, -0.05) is 19.6 Å². The van der Waals surface area contributed by atoms with Crippen LogP contribution in [0.1, 0.15) is 0 Å².